The average molecular weight is 400 g/mol. The Bertz CT molecular complexity index is 622. The van der Waals surface area contributed by atoms with Crippen LogP contribution in [-0.2, 0) is 0 Å². The van der Waals surface area contributed by atoms with E-state index in [9.17, 15) is 0 Å². The van der Waals surface area contributed by atoms with Crippen LogP contribution in [0.25, 0.3) is 9.67 Å². The standard InChI is InChI=1S/C16H16Si.3CH3.Sn/c1-17(2)16-11-7-6-10-15(16)13-12-14-8-4-3-5-9-14;;;;/h3-11,13H,1-2H3;3*1H3;. The Hall–Kier alpha value is -0.804. The molecule has 0 aliphatic carbocycles. The molecular weight excluding hydrogens is 375 g/mol. The Kier molecular flexibility index (Phi) is 5.50. The van der Waals surface area contributed by atoms with Crippen molar-refractivity contribution in [2.24, 2.45) is 0 Å². The molecule has 0 unspecified atom stereocenters. The van der Waals surface area contributed by atoms with Gasteiger partial charge in [0.25, 0.3) is 0 Å². The summed E-state index contributed by atoms with van der Waals surface area (Å²) in [5, 5.41) is 1.55. The Labute approximate surface area is 135 Å². The Morgan fingerprint density at radius 1 is 0.857 bits per heavy atom. The summed E-state index contributed by atoms with van der Waals surface area (Å²) in [6.45, 7) is 4.75. The second-order valence-electron chi connectivity index (χ2n) is 6.76. The zero-order valence-corrected chi connectivity index (χ0v) is 17.6. The monoisotopic (exact) mass is 401 g/mol. The van der Waals surface area contributed by atoms with Crippen molar-refractivity contribution >= 4 is 42.0 Å². The van der Waals surface area contributed by atoms with Crippen molar-refractivity contribution in [2.45, 2.75) is 27.9 Å². The molecule has 2 aromatic rings. The second-order valence-corrected chi connectivity index (χ2v) is 23.7. The molecule has 0 aliphatic rings. The third-order valence-corrected chi connectivity index (χ3v) is 11.1. The Balaban J connectivity index is 2.58. The molecule has 0 aromatic heterocycles. The van der Waals surface area contributed by atoms with Crippen LogP contribution in [0.4, 0.5) is 0 Å². The molecule has 0 N–H and O–H groups in total. The Morgan fingerprint density at radius 2 is 1.43 bits per heavy atom. The van der Waals surface area contributed by atoms with Crippen LogP contribution in [0.2, 0.25) is 27.9 Å². The van der Waals surface area contributed by atoms with E-state index in [-0.39, 0.29) is 0 Å². The number of hydrogen-bond donors (Lipinski definition) is 0. The van der Waals surface area contributed by atoms with E-state index in [0.29, 0.717) is 0 Å². The van der Waals surface area contributed by atoms with Crippen LogP contribution in [0.1, 0.15) is 11.1 Å². The van der Waals surface area contributed by atoms with Crippen LogP contribution < -0.4 is 5.19 Å². The molecule has 0 nitrogen and oxygen atoms in total. The normalized spacial score (nSPS) is 12.8. The topological polar surface area (TPSA) is 0 Å². The van der Waals surface area contributed by atoms with Crippen molar-refractivity contribution < 1.29 is 0 Å². The molecule has 21 heavy (non-hydrogen) atoms. The van der Waals surface area contributed by atoms with Crippen molar-refractivity contribution in [3.63, 3.8) is 0 Å². The molecule has 109 valence electrons. The van der Waals surface area contributed by atoms with Crippen LogP contribution in [0.15, 0.2) is 54.6 Å². The van der Waals surface area contributed by atoms with Gasteiger partial charge in [0.1, 0.15) is 0 Å². The SMILES string of the molecule is C[Si](C)c1ccccc1/C=[C](/c1ccccc1)[Sn]([CH3])([CH3])[CH3]. The molecule has 0 fully saturated rings. The van der Waals surface area contributed by atoms with Crippen molar-refractivity contribution in [1.29, 1.82) is 0 Å². The van der Waals surface area contributed by atoms with E-state index < -0.39 is 27.2 Å². The first-order chi connectivity index (χ1) is 9.89. The number of benzene rings is 2. The van der Waals surface area contributed by atoms with Crippen LogP contribution in [0, 0.1) is 0 Å². The van der Waals surface area contributed by atoms with Gasteiger partial charge in [0.15, 0.2) is 0 Å². The van der Waals surface area contributed by atoms with Gasteiger partial charge in [0.05, 0.1) is 0 Å². The first-order valence-electron chi connectivity index (χ1n) is 7.57. The molecule has 0 saturated carbocycles. The fraction of sp³-hybridized carbons (Fsp3) is 0.263. The molecular formula is C19H25SiSn. The van der Waals surface area contributed by atoms with Gasteiger partial charge in [0.2, 0.25) is 0 Å². The zero-order chi connectivity index (χ0) is 15.5. The minimum absolute atomic E-state index is 0.435. The van der Waals surface area contributed by atoms with Crippen LogP contribution in [0.5, 0.6) is 0 Å². The maximum absolute atomic E-state index is 2.50. The summed E-state index contributed by atoms with van der Waals surface area (Å²) in [4.78, 5) is 7.50. The molecule has 2 heteroatoms. The summed E-state index contributed by atoms with van der Waals surface area (Å²) < 4.78 is 1.61. The van der Waals surface area contributed by atoms with Gasteiger partial charge in [-0.25, -0.2) is 0 Å². The molecule has 0 atom stereocenters. The molecule has 1 radical (unpaired) electrons. The molecule has 0 saturated heterocycles. The van der Waals surface area contributed by atoms with Gasteiger partial charge < -0.3 is 0 Å². The minimum atomic E-state index is -2.18. The van der Waals surface area contributed by atoms with Gasteiger partial charge in [0, 0.05) is 0 Å². The summed E-state index contributed by atoms with van der Waals surface area (Å²) in [6.07, 6.45) is 2.48. The van der Waals surface area contributed by atoms with Gasteiger partial charge in [-0.1, -0.05) is 0 Å². The van der Waals surface area contributed by atoms with E-state index in [4.69, 9.17) is 0 Å². The van der Waals surface area contributed by atoms with Crippen LogP contribution >= 0.6 is 0 Å². The number of hydrogen-bond acceptors (Lipinski definition) is 0. The van der Waals surface area contributed by atoms with Crippen molar-refractivity contribution in [3.05, 3.63) is 65.7 Å². The third-order valence-electron chi connectivity index (χ3n) is 3.69. The van der Waals surface area contributed by atoms with Crippen molar-refractivity contribution in [2.75, 3.05) is 0 Å². The summed E-state index contributed by atoms with van der Waals surface area (Å²) >= 11 is -2.18. The van der Waals surface area contributed by atoms with Crippen LogP contribution in [-0.4, -0.2) is 27.2 Å². The molecule has 0 amide bonds. The summed E-state index contributed by atoms with van der Waals surface area (Å²) in [5.41, 5.74) is 2.85. The van der Waals surface area contributed by atoms with E-state index in [2.05, 4.69) is 88.6 Å². The first-order valence-corrected chi connectivity index (χ1v) is 20.1. The summed E-state index contributed by atoms with van der Waals surface area (Å²) in [6, 6.07) is 19.9. The molecule has 0 aliphatic heterocycles. The molecule has 0 heterocycles. The molecule has 2 aromatic carbocycles. The zero-order valence-electron chi connectivity index (χ0n) is 13.8. The van der Waals surface area contributed by atoms with E-state index in [1.165, 1.54) is 11.1 Å². The summed E-state index contributed by atoms with van der Waals surface area (Å²) in [7, 11) is -0.435. The first kappa shape index (κ1) is 16.6. The predicted octanol–water partition coefficient (Wildman–Crippen LogP) is 5.07. The van der Waals surface area contributed by atoms with E-state index in [1.54, 1.807) is 8.78 Å². The van der Waals surface area contributed by atoms with Gasteiger partial charge in [-0.15, -0.1) is 0 Å². The molecule has 0 spiro atoms. The Morgan fingerprint density at radius 3 is 2.00 bits per heavy atom. The number of rotatable bonds is 4. The quantitative estimate of drug-likeness (QED) is 0.497. The van der Waals surface area contributed by atoms with Gasteiger partial charge in [-0.3, -0.25) is 0 Å². The van der Waals surface area contributed by atoms with E-state index in [0.717, 1.165) is 0 Å². The fourth-order valence-corrected chi connectivity index (χ4v) is 8.37. The summed E-state index contributed by atoms with van der Waals surface area (Å²) in [5.74, 6) is 0. The third kappa shape index (κ3) is 4.33. The van der Waals surface area contributed by atoms with Gasteiger partial charge >= 0.3 is 136 Å². The second kappa shape index (κ2) is 6.97. The fourth-order valence-electron chi connectivity index (χ4n) is 2.58. The predicted molar refractivity (Wildman–Crippen MR) is 101 cm³/mol. The molecule has 2 rings (SSSR count). The van der Waals surface area contributed by atoms with Gasteiger partial charge in [-0.05, 0) is 0 Å². The van der Waals surface area contributed by atoms with Gasteiger partial charge in [-0.2, -0.15) is 0 Å². The van der Waals surface area contributed by atoms with E-state index >= 15 is 0 Å². The van der Waals surface area contributed by atoms with E-state index in [1.807, 2.05) is 0 Å². The average Bonchev–Trinajstić information content (AvgIpc) is 2.44. The van der Waals surface area contributed by atoms with Crippen LogP contribution in [0.3, 0.4) is 0 Å². The van der Waals surface area contributed by atoms with Crippen molar-refractivity contribution in [3.8, 4) is 0 Å². The maximum atomic E-state index is 2.50. The molecule has 0 bridgehead atoms. The van der Waals surface area contributed by atoms with Crippen molar-refractivity contribution in [1.82, 2.24) is 0 Å².